The molecule has 112 valence electrons. The summed E-state index contributed by atoms with van der Waals surface area (Å²) in [5.74, 6) is 0.609. The van der Waals surface area contributed by atoms with Crippen molar-refractivity contribution in [3.8, 4) is 0 Å². The van der Waals surface area contributed by atoms with Gasteiger partial charge in [-0.25, -0.2) is 0 Å². The molecule has 5 heteroatoms. The highest BCUT2D eigenvalue weighted by molar-refractivity contribution is 5.52. The summed E-state index contributed by atoms with van der Waals surface area (Å²) < 4.78 is 39.4. The van der Waals surface area contributed by atoms with Gasteiger partial charge in [-0.05, 0) is 56.3 Å². The lowest BCUT2D eigenvalue weighted by Crippen LogP contribution is -2.30. The normalized spacial score (nSPS) is 17.1. The van der Waals surface area contributed by atoms with Gasteiger partial charge in [0, 0.05) is 18.8 Å². The molecule has 1 atom stereocenters. The Hall–Kier alpha value is -1.23. The molecular weight excluding hydrogens is 265 g/mol. The Kier molecular flexibility index (Phi) is 4.28. The molecule has 2 N–H and O–H groups in total. The molecule has 0 amide bonds. The Bertz CT molecular complexity index is 467. The minimum Gasteiger partial charge on any atom is -0.372 e. The fraction of sp³-hybridized carbons (Fsp3) is 0.600. The van der Waals surface area contributed by atoms with Crippen LogP contribution in [-0.2, 0) is 12.6 Å². The molecule has 0 saturated heterocycles. The molecule has 0 aliphatic heterocycles. The van der Waals surface area contributed by atoms with Gasteiger partial charge in [-0.2, -0.15) is 13.2 Å². The van der Waals surface area contributed by atoms with Gasteiger partial charge in [0.25, 0.3) is 0 Å². The second kappa shape index (κ2) is 5.64. The van der Waals surface area contributed by atoms with Crippen LogP contribution in [0, 0.1) is 5.92 Å². The number of rotatable bonds is 5. The number of halogens is 3. The molecule has 1 aliphatic carbocycles. The third-order valence-corrected chi connectivity index (χ3v) is 4.13. The van der Waals surface area contributed by atoms with Crippen LogP contribution in [0.3, 0.4) is 0 Å². The van der Waals surface area contributed by atoms with Crippen LogP contribution in [0.15, 0.2) is 18.2 Å². The maximum Gasteiger partial charge on any atom is 0.416 e. The van der Waals surface area contributed by atoms with Crippen LogP contribution in [0.4, 0.5) is 18.9 Å². The summed E-state index contributed by atoms with van der Waals surface area (Å²) >= 11 is 0. The summed E-state index contributed by atoms with van der Waals surface area (Å²) in [6.45, 7) is 2.29. The fourth-order valence-electron chi connectivity index (χ4n) is 2.55. The van der Waals surface area contributed by atoms with Crippen LogP contribution in [0.2, 0.25) is 0 Å². The maximum absolute atomic E-state index is 13.1. The average Bonchev–Trinajstić information content (AvgIpc) is 3.21. The van der Waals surface area contributed by atoms with Crippen molar-refractivity contribution in [2.45, 2.75) is 38.4 Å². The predicted octanol–water partition coefficient (Wildman–Crippen LogP) is 3.44. The van der Waals surface area contributed by atoms with E-state index in [9.17, 15) is 13.2 Å². The molecule has 2 rings (SSSR count). The quantitative estimate of drug-likeness (QED) is 0.898. The van der Waals surface area contributed by atoms with E-state index < -0.39 is 11.7 Å². The lowest BCUT2D eigenvalue weighted by Gasteiger charge is -2.28. The maximum atomic E-state index is 13.1. The largest absolute Gasteiger partial charge is 0.416 e. The third kappa shape index (κ3) is 3.26. The van der Waals surface area contributed by atoms with Crippen molar-refractivity contribution < 1.29 is 13.2 Å². The molecule has 1 aliphatic rings. The van der Waals surface area contributed by atoms with E-state index in [1.165, 1.54) is 18.9 Å². The topological polar surface area (TPSA) is 29.3 Å². The van der Waals surface area contributed by atoms with Crippen LogP contribution < -0.4 is 10.6 Å². The highest BCUT2D eigenvalue weighted by Gasteiger charge is 2.35. The average molecular weight is 286 g/mol. The van der Waals surface area contributed by atoms with E-state index in [2.05, 4.69) is 6.92 Å². The number of benzene rings is 1. The summed E-state index contributed by atoms with van der Waals surface area (Å²) in [6, 6.07) is 4.85. The Morgan fingerprint density at radius 2 is 2.00 bits per heavy atom. The molecule has 1 fully saturated rings. The van der Waals surface area contributed by atoms with Gasteiger partial charge in [0.1, 0.15) is 0 Å². The van der Waals surface area contributed by atoms with Crippen molar-refractivity contribution in [3.05, 3.63) is 29.3 Å². The first kappa shape index (κ1) is 15.2. The van der Waals surface area contributed by atoms with Crippen molar-refractivity contribution in [3.63, 3.8) is 0 Å². The van der Waals surface area contributed by atoms with E-state index >= 15 is 0 Å². The van der Waals surface area contributed by atoms with Crippen molar-refractivity contribution in [2.24, 2.45) is 11.7 Å². The first-order chi connectivity index (χ1) is 9.34. The van der Waals surface area contributed by atoms with E-state index in [0.29, 0.717) is 11.6 Å². The molecule has 1 saturated carbocycles. The Morgan fingerprint density at radius 1 is 1.35 bits per heavy atom. The number of hydrogen-bond donors (Lipinski definition) is 1. The monoisotopic (exact) mass is 286 g/mol. The second-order valence-electron chi connectivity index (χ2n) is 5.57. The van der Waals surface area contributed by atoms with E-state index in [4.69, 9.17) is 5.73 Å². The smallest absolute Gasteiger partial charge is 0.372 e. The summed E-state index contributed by atoms with van der Waals surface area (Å²) in [4.78, 5) is 1.94. The Morgan fingerprint density at radius 3 is 2.50 bits per heavy atom. The van der Waals surface area contributed by atoms with Gasteiger partial charge in [-0.15, -0.1) is 0 Å². The molecule has 1 unspecified atom stereocenters. The Labute approximate surface area is 117 Å². The van der Waals surface area contributed by atoms with Crippen LogP contribution in [0.25, 0.3) is 0 Å². The first-order valence-corrected chi connectivity index (χ1v) is 6.97. The molecule has 20 heavy (non-hydrogen) atoms. The van der Waals surface area contributed by atoms with Gasteiger partial charge in [0.2, 0.25) is 0 Å². The SMILES string of the molecule is CC(C1CC1)N(C)c1ccc(CCN)c(C(F)(F)F)c1. The Balaban J connectivity index is 2.30. The van der Waals surface area contributed by atoms with Crippen molar-refractivity contribution >= 4 is 5.69 Å². The molecule has 2 nitrogen and oxygen atoms in total. The number of nitrogens with zero attached hydrogens (tertiary/aromatic N) is 1. The van der Waals surface area contributed by atoms with Crippen LogP contribution in [0.5, 0.6) is 0 Å². The van der Waals surface area contributed by atoms with Gasteiger partial charge < -0.3 is 10.6 Å². The van der Waals surface area contributed by atoms with Crippen molar-refractivity contribution in [1.29, 1.82) is 0 Å². The molecule has 1 aromatic carbocycles. The molecular formula is C15H21F3N2. The van der Waals surface area contributed by atoms with Crippen LogP contribution >= 0.6 is 0 Å². The van der Waals surface area contributed by atoms with E-state index in [1.807, 2.05) is 11.9 Å². The lowest BCUT2D eigenvalue weighted by molar-refractivity contribution is -0.138. The molecule has 0 aromatic heterocycles. The van der Waals surface area contributed by atoms with Crippen LogP contribution in [-0.4, -0.2) is 19.6 Å². The summed E-state index contributed by atoms with van der Waals surface area (Å²) in [5.41, 5.74) is 5.73. The second-order valence-corrected chi connectivity index (χ2v) is 5.57. The predicted molar refractivity (Wildman–Crippen MR) is 74.8 cm³/mol. The van der Waals surface area contributed by atoms with Gasteiger partial charge in [0.05, 0.1) is 5.56 Å². The highest BCUT2D eigenvalue weighted by atomic mass is 19.4. The van der Waals surface area contributed by atoms with Crippen molar-refractivity contribution in [1.82, 2.24) is 0 Å². The summed E-state index contributed by atoms with van der Waals surface area (Å²) in [7, 11) is 1.86. The molecule has 0 heterocycles. The number of nitrogens with two attached hydrogens (primary N) is 1. The van der Waals surface area contributed by atoms with E-state index in [0.717, 1.165) is 0 Å². The molecule has 0 radical (unpaired) electrons. The zero-order valence-electron chi connectivity index (χ0n) is 11.9. The zero-order valence-corrected chi connectivity index (χ0v) is 11.9. The highest BCUT2D eigenvalue weighted by Crippen LogP contribution is 2.38. The fourth-order valence-corrected chi connectivity index (χ4v) is 2.55. The zero-order chi connectivity index (χ0) is 14.9. The van der Waals surface area contributed by atoms with Crippen LogP contribution in [0.1, 0.15) is 30.9 Å². The molecule has 0 spiro atoms. The minimum atomic E-state index is -4.33. The third-order valence-electron chi connectivity index (χ3n) is 4.13. The standard InChI is InChI=1S/C15H21F3N2/c1-10(11-3-4-11)20(2)13-6-5-12(7-8-19)14(9-13)15(16,17)18/h5-6,9-11H,3-4,7-8,19H2,1-2H3. The number of hydrogen-bond acceptors (Lipinski definition) is 2. The summed E-state index contributed by atoms with van der Waals surface area (Å²) in [6.07, 6.45) is -1.74. The van der Waals surface area contributed by atoms with Gasteiger partial charge in [0.15, 0.2) is 0 Å². The number of anilines is 1. The minimum absolute atomic E-state index is 0.219. The number of alkyl halides is 3. The van der Waals surface area contributed by atoms with E-state index in [1.54, 1.807) is 12.1 Å². The molecule has 1 aromatic rings. The van der Waals surface area contributed by atoms with Gasteiger partial charge in [-0.1, -0.05) is 6.07 Å². The van der Waals surface area contributed by atoms with Crippen molar-refractivity contribution in [2.75, 3.05) is 18.5 Å². The van der Waals surface area contributed by atoms with Gasteiger partial charge >= 0.3 is 6.18 Å². The summed E-state index contributed by atoms with van der Waals surface area (Å²) in [5, 5.41) is 0. The lowest BCUT2D eigenvalue weighted by atomic mass is 10.0. The first-order valence-electron chi connectivity index (χ1n) is 6.97. The van der Waals surface area contributed by atoms with E-state index in [-0.39, 0.29) is 24.6 Å². The molecule has 0 bridgehead atoms. The van der Waals surface area contributed by atoms with Gasteiger partial charge in [-0.3, -0.25) is 0 Å².